The van der Waals surface area contributed by atoms with Crippen molar-refractivity contribution >= 4 is 39.5 Å². The van der Waals surface area contributed by atoms with E-state index in [1.807, 2.05) is 41.8 Å². The summed E-state index contributed by atoms with van der Waals surface area (Å²) in [5, 5.41) is 9.20. The monoisotopic (exact) mass is 435 g/mol. The summed E-state index contributed by atoms with van der Waals surface area (Å²) in [5.41, 5.74) is 3.42. The topological polar surface area (TPSA) is 63.2 Å². The molecule has 31 heavy (non-hydrogen) atoms. The zero-order valence-electron chi connectivity index (χ0n) is 17.2. The van der Waals surface area contributed by atoms with Crippen LogP contribution in [-0.2, 0) is 6.54 Å². The van der Waals surface area contributed by atoms with Gasteiger partial charge in [0.05, 0.1) is 11.2 Å². The molecule has 7 heteroatoms. The number of hydrogen-bond acceptors (Lipinski definition) is 5. The first-order valence-corrected chi connectivity index (χ1v) is 10.7. The largest absolute Gasteiger partial charge is 0.459 e. The summed E-state index contributed by atoms with van der Waals surface area (Å²) in [6, 6.07) is 18.5. The number of nitrogens with one attached hydrogen (secondary N) is 2. The molecule has 158 valence electrons. The molecule has 1 amide bonds. The van der Waals surface area contributed by atoms with Crippen LogP contribution in [0.15, 0.2) is 72.2 Å². The molecular formula is C24H22FN3O2S. The number of pyridine rings is 1. The molecule has 0 fully saturated rings. The molecule has 4 aromatic rings. The van der Waals surface area contributed by atoms with E-state index in [-0.39, 0.29) is 5.91 Å². The van der Waals surface area contributed by atoms with E-state index in [1.165, 1.54) is 25.2 Å². The lowest BCUT2D eigenvalue weighted by Crippen LogP contribution is -2.21. The number of aromatic nitrogens is 1. The molecule has 0 radical (unpaired) electrons. The molecule has 0 atom stereocenters. The molecule has 0 aliphatic heterocycles. The second-order valence-corrected chi connectivity index (χ2v) is 8.36. The smallest absolute Gasteiger partial charge is 0.267 e. The van der Waals surface area contributed by atoms with Crippen LogP contribution in [0.4, 0.5) is 15.8 Å². The maximum absolute atomic E-state index is 13.6. The lowest BCUT2D eigenvalue weighted by molar-refractivity contribution is -0.0257. The van der Waals surface area contributed by atoms with Crippen LogP contribution in [-0.4, -0.2) is 16.7 Å². The van der Waals surface area contributed by atoms with Gasteiger partial charge in [-0.15, -0.1) is 11.3 Å². The van der Waals surface area contributed by atoms with Crippen LogP contribution in [0.3, 0.4) is 0 Å². The number of anilines is 2. The molecule has 0 spiro atoms. The van der Waals surface area contributed by atoms with Gasteiger partial charge in [0.15, 0.2) is 0 Å². The molecule has 0 bridgehead atoms. The summed E-state index contributed by atoms with van der Waals surface area (Å²) in [6.07, 6.45) is 1.79. The van der Waals surface area contributed by atoms with E-state index in [1.54, 1.807) is 30.5 Å². The van der Waals surface area contributed by atoms with Crippen molar-refractivity contribution in [1.82, 2.24) is 4.98 Å². The minimum atomic E-state index is -1.76. The summed E-state index contributed by atoms with van der Waals surface area (Å²) in [4.78, 5) is 17.8. The predicted molar refractivity (Wildman–Crippen MR) is 124 cm³/mol. The fraction of sp³-hybridized carbons (Fsp3) is 0.167. The number of amides is 1. The fourth-order valence-corrected chi connectivity index (χ4v) is 3.96. The summed E-state index contributed by atoms with van der Waals surface area (Å²) in [6.45, 7) is 3.25. The van der Waals surface area contributed by atoms with Crippen LogP contribution >= 0.6 is 11.3 Å². The summed E-state index contributed by atoms with van der Waals surface area (Å²) < 4.78 is 18.8. The van der Waals surface area contributed by atoms with E-state index in [0.717, 1.165) is 22.2 Å². The number of nitrogens with zero attached hydrogens (tertiary/aromatic N) is 1. The van der Waals surface area contributed by atoms with Crippen molar-refractivity contribution in [3.63, 3.8) is 0 Å². The van der Waals surface area contributed by atoms with Crippen LogP contribution in [0.2, 0.25) is 0 Å². The molecule has 4 rings (SSSR count). The van der Waals surface area contributed by atoms with Crippen LogP contribution in [0, 0.1) is 0 Å². The van der Waals surface area contributed by atoms with Crippen LogP contribution in [0.1, 0.15) is 29.1 Å². The molecule has 0 unspecified atom stereocenters. The third-order valence-corrected chi connectivity index (χ3v) is 5.47. The number of benzene rings is 2. The highest BCUT2D eigenvalue weighted by Gasteiger charge is 2.17. The standard InChI is InChI=1S/C24H22FN3O2S/c1-24(2,25)30-18-9-7-17(8-10-18)28-23(29)22-21(12-14-31-22)27-15-16-11-13-26-20-6-4-3-5-19(16)20/h3-14,27H,15H2,1-2H3,(H,28,29). The van der Waals surface area contributed by atoms with Gasteiger partial charge in [0.25, 0.3) is 5.91 Å². The van der Waals surface area contributed by atoms with Gasteiger partial charge in [0.1, 0.15) is 10.6 Å². The predicted octanol–water partition coefficient (Wildman–Crippen LogP) is 6.25. The van der Waals surface area contributed by atoms with Gasteiger partial charge in [-0.1, -0.05) is 18.2 Å². The Labute approximate surface area is 183 Å². The Balaban J connectivity index is 1.43. The highest BCUT2D eigenvalue weighted by atomic mass is 32.1. The number of para-hydroxylation sites is 1. The second-order valence-electron chi connectivity index (χ2n) is 7.45. The first kappa shape index (κ1) is 20.8. The van der Waals surface area contributed by atoms with Crippen LogP contribution in [0.5, 0.6) is 5.75 Å². The number of rotatable bonds is 7. The minimum Gasteiger partial charge on any atom is -0.459 e. The van der Waals surface area contributed by atoms with E-state index in [2.05, 4.69) is 15.6 Å². The van der Waals surface area contributed by atoms with Gasteiger partial charge in [0, 0.05) is 37.7 Å². The van der Waals surface area contributed by atoms with Crippen molar-refractivity contribution in [2.75, 3.05) is 10.6 Å². The maximum atomic E-state index is 13.6. The number of hydrogen-bond donors (Lipinski definition) is 2. The van der Waals surface area contributed by atoms with E-state index < -0.39 is 5.85 Å². The molecule has 2 N–H and O–H groups in total. The van der Waals surface area contributed by atoms with E-state index in [9.17, 15) is 9.18 Å². The molecule has 2 heterocycles. The maximum Gasteiger partial charge on any atom is 0.267 e. The van der Waals surface area contributed by atoms with Crippen molar-refractivity contribution in [1.29, 1.82) is 0 Å². The normalized spacial score (nSPS) is 11.3. The van der Waals surface area contributed by atoms with E-state index in [4.69, 9.17) is 4.74 Å². The average Bonchev–Trinajstić information content (AvgIpc) is 3.21. The Hall–Kier alpha value is -3.45. The highest BCUT2D eigenvalue weighted by molar-refractivity contribution is 7.12. The van der Waals surface area contributed by atoms with Gasteiger partial charge in [-0.25, -0.2) is 0 Å². The Kier molecular flexibility index (Phi) is 5.86. The third-order valence-electron chi connectivity index (χ3n) is 4.55. The second kappa shape index (κ2) is 8.73. The third kappa shape index (κ3) is 5.19. The lowest BCUT2D eigenvalue weighted by atomic mass is 10.1. The zero-order valence-corrected chi connectivity index (χ0v) is 18.0. The van der Waals surface area contributed by atoms with Crippen molar-refractivity contribution < 1.29 is 13.9 Å². The minimum absolute atomic E-state index is 0.212. The molecular weight excluding hydrogens is 413 g/mol. The molecule has 2 aromatic heterocycles. The van der Waals surface area contributed by atoms with E-state index in [0.29, 0.717) is 22.9 Å². The van der Waals surface area contributed by atoms with Crippen LogP contribution in [0.25, 0.3) is 10.9 Å². The van der Waals surface area contributed by atoms with Gasteiger partial charge < -0.3 is 15.4 Å². The highest BCUT2D eigenvalue weighted by Crippen LogP contribution is 2.26. The Morgan fingerprint density at radius 1 is 1.10 bits per heavy atom. The summed E-state index contributed by atoms with van der Waals surface area (Å²) in [5.74, 6) is -1.58. The first-order valence-electron chi connectivity index (χ1n) is 9.82. The Morgan fingerprint density at radius 3 is 2.65 bits per heavy atom. The van der Waals surface area contributed by atoms with Gasteiger partial charge in [-0.3, -0.25) is 9.78 Å². The van der Waals surface area contributed by atoms with Gasteiger partial charge in [0.2, 0.25) is 5.85 Å². The summed E-state index contributed by atoms with van der Waals surface area (Å²) in [7, 11) is 0. The Morgan fingerprint density at radius 2 is 1.87 bits per heavy atom. The Bertz CT molecular complexity index is 1190. The number of ether oxygens (including phenoxy) is 1. The van der Waals surface area contributed by atoms with Gasteiger partial charge in [-0.2, -0.15) is 4.39 Å². The molecule has 0 saturated heterocycles. The molecule has 5 nitrogen and oxygen atoms in total. The number of fused-ring (bicyclic) bond motifs is 1. The average molecular weight is 436 g/mol. The summed E-state index contributed by atoms with van der Waals surface area (Å²) >= 11 is 1.37. The quantitative estimate of drug-likeness (QED) is 0.360. The van der Waals surface area contributed by atoms with Crippen LogP contribution < -0.4 is 15.4 Å². The van der Waals surface area contributed by atoms with E-state index >= 15 is 0 Å². The van der Waals surface area contributed by atoms with Gasteiger partial charge >= 0.3 is 0 Å². The molecule has 0 saturated carbocycles. The number of carbonyl (C=O) groups is 1. The SMILES string of the molecule is CC(C)(F)Oc1ccc(NC(=O)c2sccc2NCc2ccnc3ccccc23)cc1. The van der Waals surface area contributed by atoms with Crippen molar-refractivity contribution in [2.45, 2.75) is 26.2 Å². The van der Waals surface area contributed by atoms with Crippen molar-refractivity contribution in [3.05, 3.63) is 82.7 Å². The van der Waals surface area contributed by atoms with Crippen molar-refractivity contribution in [2.24, 2.45) is 0 Å². The molecule has 2 aromatic carbocycles. The molecule has 0 aliphatic rings. The lowest BCUT2D eigenvalue weighted by Gasteiger charge is -2.17. The number of alkyl halides is 1. The van der Waals surface area contributed by atoms with Crippen molar-refractivity contribution in [3.8, 4) is 5.75 Å². The molecule has 0 aliphatic carbocycles. The fourth-order valence-electron chi connectivity index (χ4n) is 3.20. The number of halogens is 1. The zero-order chi connectivity index (χ0) is 21.8. The first-order chi connectivity index (χ1) is 14.9. The number of carbonyl (C=O) groups excluding carboxylic acids is 1. The van der Waals surface area contributed by atoms with Gasteiger partial charge in [-0.05, 0) is 53.4 Å². The number of thiophene rings is 1.